The van der Waals surface area contributed by atoms with E-state index < -0.39 is 5.91 Å². The van der Waals surface area contributed by atoms with Gasteiger partial charge in [-0.25, -0.2) is 0 Å². The SMILES string of the molecule is CC(C)C=C(NNC(=O)CNC(=O)c1ccco1)c1ccccc1. The summed E-state index contributed by atoms with van der Waals surface area (Å²) in [6.45, 7) is 3.95. The van der Waals surface area contributed by atoms with Gasteiger partial charge in [0.1, 0.15) is 0 Å². The lowest BCUT2D eigenvalue weighted by Crippen LogP contribution is -2.43. The van der Waals surface area contributed by atoms with E-state index >= 15 is 0 Å². The van der Waals surface area contributed by atoms with Crippen LogP contribution in [-0.2, 0) is 4.79 Å². The molecule has 1 aromatic carbocycles. The molecular formula is C18H21N3O3. The van der Waals surface area contributed by atoms with Crippen LogP contribution < -0.4 is 16.2 Å². The van der Waals surface area contributed by atoms with Crippen molar-refractivity contribution in [2.45, 2.75) is 13.8 Å². The van der Waals surface area contributed by atoms with Crippen LogP contribution in [0.2, 0.25) is 0 Å². The van der Waals surface area contributed by atoms with Crippen LogP contribution in [-0.4, -0.2) is 18.4 Å². The Morgan fingerprint density at radius 1 is 1.08 bits per heavy atom. The van der Waals surface area contributed by atoms with Crippen LogP contribution in [0.1, 0.15) is 30.0 Å². The molecule has 0 aliphatic rings. The van der Waals surface area contributed by atoms with Gasteiger partial charge < -0.3 is 9.73 Å². The molecule has 2 amide bonds. The number of rotatable bonds is 7. The van der Waals surface area contributed by atoms with Crippen molar-refractivity contribution in [2.24, 2.45) is 5.92 Å². The zero-order chi connectivity index (χ0) is 17.4. The Morgan fingerprint density at radius 3 is 2.46 bits per heavy atom. The number of amides is 2. The zero-order valence-corrected chi connectivity index (χ0v) is 13.7. The highest BCUT2D eigenvalue weighted by Crippen LogP contribution is 2.12. The average molecular weight is 327 g/mol. The molecule has 6 nitrogen and oxygen atoms in total. The highest BCUT2D eigenvalue weighted by atomic mass is 16.3. The third-order valence-electron chi connectivity index (χ3n) is 3.08. The standard InChI is InChI=1S/C18H21N3O3/c1-13(2)11-15(14-7-4-3-5-8-14)20-21-17(22)12-19-18(23)16-9-6-10-24-16/h3-11,13,20H,12H2,1-2H3,(H,19,23)(H,21,22). The number of hydrazine groups is 1. The summed E-state index contributed by atoms with van der Waals surface area (Å²) in [5.41, 5.74) is 7.26. The predicted octanol–water partition coefficient (Wildman–Crippen LogP) is 2.33. The third kappa shape index (κ3) is 5.31. The number of carbonyl (C=O) groups is 2. The lowest BCUT2D eigenvalue weighted by molar-refractivity contribution is -0.120. The molecule has 1 heterocycles. The summed E-state index contributed by atoms with van der Waals surface area (Å²) < 4.78 is 4.96. The first-order valence-corrected chi connectivity index (χ1v) is 7.70. The van der Waals surface area contributed by atoms with Crippen LogP contribution >= 0.6 is 0 Å². The van der Waals surface area contributed by atoms with E-state index in [4.69, 9.17) is 4.42 Å². The van der Waals surface area contributed by atoms with Crippen molar-refractivity contribution < 1.29 is 14.0 Å². The minimum absolute atomic E-state index is 0.156. The minimum Gasteiger partial charge on any atom is -0.459 e. The topological polar surface area (TPSA) is 83.4 Å². The van der Waals surface area contributed by atoms with E-state index in [0.717, 1.165) is 11.3 Å². The van der Waals surface area contributed by atoms with E-state index in [9.17, 15) is 9.59 Å². The molecule has 1 aromatic heterocycles. The maximum Gasteiger partial charge on any atom is 0.287 e. The number of carbonyl (C=O) groups excluding carboxylic acids is 2. The van der Waals surface area contributed by atoms with E-state index in [2.05, 4.69) is 30.0 Å². The number of hydrogen-bond acceptors (Lipinski definition) is 4. The molecule has 0 aliphatic carbocycles. The van der Waals surface area contributed by atoms with E-state index in [0.29, 0.717) is 5.92 Å². The summed E-state index contributed by atoms with van der Waals surface area (Å²) in [4.78, 5) is 23.6. The van der Waals surface area contributed by atoms with Crippen LogP contribution in [0, 0.1) is 5.92 Å². The Balaban J connectivity index is 1.87. The van der Waals surface area contributed by atoms with Gasteiger partial charge in [0.2, 0.25) is 0 Å². The molecule has 3 N–H and O–H groups in total. The van der Waals surface area contributed by atoms with Crippen LogP contribution in [0.15, 0.2) is 59.2 Å². The van der Waals surface area contributed by atoms with E-state index in [1.54, 1.807) is 6.07 Å². The van der Waals surface area contributed by atoms with Gasteiger partial charge in [-0.1, -0.05) is 50.3 Å². The third-order valence-corrected chi connectivity index (χ3v) is 3.08. The van der Waals surface area contributed by atoms with Gasteiger partial charge in [-0.2, -0.15) is 0 Å². The van der Waals surface area contributed by atoms with E-state index in [-0.39, 0.29) is 18.2 Å². The van der Waals surface area contributed by atoms with Crippen molar-refractivity contribution >= 4 is 17.5 Å². The molecule has 6 heteroatoms. The number of allylic oxidation sites excluding steroid dienone is 1. The molecule has 0 fully saturated rings. The fourth-order valence-electron chi connectivity index (χ4n) is 2.00. The van der Waals surface area contributed by atoms with E-state index in [1.807, 2.05) is 36.4 Å². The monoisotopic (exact) mass is 327 g/mol. The molecule has 24 heavy (non-hydrogen) atoms. The normalized spacial score (nSPS) is 11.2. The Morgan fingerprint density at radius 2 is 1.83 bits per heavy atom. The Bertz CT molecular complexity index is 692. The first kappa shape index (κ1) is 17.3. The second-order valence-electron chi connectivity index (χ2n) is 5.52. The molecule has 0 saturated heterocycles. The van der Waals surface area contributed by atoms with Gasteiger partial charge in [0.15, 0.2) is 5.76 Å². The molecule has 0 atom stereocenters. The number of benzene rings is 1. The molecule has 0 saturated carbocycles. The Labute approximate surface area is 140 Å². The van der Waals surface area contributed by atoms with Gasteiger partial charge in [-0.15, -0.1) is 0 Å². The average Bonchev–Trinajstić information content (AvgIpc) is 3.11. The lowest BCUT2D eigenvalue weighted by Gasteiger charge is -2.14. The van der Waals surface area contributed by atoms with Crippen LogP contribution in [0.4, 0.5) is 0 Å². The molecule has 126 valence electrons. The summed E-state index contributed by atoms with van der Waals surface area (Å²) in [6.07, 6.45) is 3.41. The summed E-state index contributed by atoms with van der Waals surface area (Å²) in [6, 6.07) is 12.8. The van der Waals surface area contributed by atoms with Gasteiger partial charge >= 0.3 is 0 Å². The van der Waals surface area contributed by atoms with Crippen molar-refractivity contribution in [2.75, 3.05) is 6.54 Å². The Hall–Kier alpha value is -3.02. The summed E-state index contributed by atoms with van der Waals surface area (Å²) in [7, 11) is 0. The van der Waals surface area contributed by atoms with Gasteiger partial charge in [0.25, 0.3) is 11.8 Å². The number of furan rings is 1. The summed E-state index contributed by atoms with van der Waals surface area (Å²) >= 11 is 0. The van der Waals surface area contributed by atoms with Gasteiger partial charge in [-0.05, 0) is 23.6 Å². The van der Waals surface area contributed by atoms with Crippen molar-refractivity contribution in [1.29, 1.82) is 0 Å². The summed E-state index contributed by atoms with van der Waals surface area (Å²) in [5.74, 6) is -0.319. The predicted molar refractivity (Wildman–Crippen MR) is 91.6 cm³/mol. The molecule has 0 spiro atoms. The Kier molecular flexibility index (Phi) is 6.19. The maximum absolute atomic E-state index is 11.9. The molecule has 0 radical (unpaired) electrons. The molecule has 0 aliphatic heterocycles. The second-order valence-corrected chi connectivity index (χ2v) is 5.52. The molecule has 0 bridgehead atoms. The molecular weight excluding hydrogens is 306 g/mol. The number of hydrogen-bond donors (Lipinski definition) is 3. The van der Waals surface area contributed by atoms with Crippen molar-refractivity contribution in [3.8, 4) is 0 Å². The summed E-state index contributed by atoms with van der Waals surface area (Å²) in [5, 5.41) is 2.48. The van der Waals surface area contributed by atoms with Gasteiger partial charge in [-0.3, -0.25) is 20.4 Å². The van der Waals surface area contributed by atoms with Gasteiger partial charge in [0.05, 0.1) is 18.5 Å². The van der Waals surface area contributed by atoms with E-state index in [1.165, 1.54) is 12.3 Å². The zero-order valence-electron chi connectivity index (χ0n) is 13.7. The van der Waals surface area contributed by atoms with Gasteiger partial charge in [0, 0.05) is 0 Å². The fraction of sp³-hybridized carbons (Fsp3) is 0.222. The highest BCUT2D eigenvalue weighted by molar-refractivity contribution is 5.94. The van der Waals surface area contributed by atoms with Crippen molar-refractivity contribution in [1.82, 2.24) is 16.2 Å². The first-order valence-electron chi connectivity index (χ1n) is 7.70. The van der Waals surface area contributed by atoms with Crippen molar-refractivity contribution in [3.05, 3.63) is 66.1 Å². The van der Waals surface area contributed by atoms with Crippen LogP contribution in [0.3, 0.4) is 0 Å². The fourth-order valence-corrected chi connectivity index (χ4v) is 2.00. The molecule has 0 unspecified atom stereocenters. The quantitative estimate of drug-likeness (QED) is 0.682. The molecule has 2 rings (SSSR count). The lowest BCUT2D eigenvalue weighted by atomic mass is 10.1. The molecule has 2 aromatic rings. The first-order chi connectivity index (χ1) is 11.6. The van der Waals surface area contributed by atoms with Crippen molar-refractivity contribution in [3.63, 3.8) is 0 Å². The number of nitrogens with one attached hydrogen (secondary N) is 3. The highest BCUT2D eigenvalue weighted by Gasteiger charge is 2.10. The minimum atomic E-state index is -0.434. The van der Waals surface area contributed by atoms with Crippen LogP contribution in [0.25, 0.3) is 5.70 Å². The maximum atomic E-state index is 11.9. The smallest absolute Gasteiger partial charge is 0.287 e. The second kappa shape index (κ2) is 8.57. The largest absolute Gasteiger partial charge is 0.459 e. The van der Waals surface area contributed by atoms with Crippen LogP contribution in [0.5, 0.6) is 0 Å².